The molecule has 9 heteroatoms. The van der Waals surface area contributed by atoms with Gasteiger partial charge in [-0.05, 0) is 20.9 Å². The normalized spacial score (nSPS) is 21.1. The highest BCUT2D eigenvalue weighted by Crippen LogP contribution is 2.25. The Hall–Kier alpha value is -1.71. The Bertz CT molecular complexity index is 752. The minimum absolute atomic E-state index is 0.0827. The molecule has 0 aromatic carbocycles. The van der Waals surface area contributed by atoms with E-state index < -0.39 is 10.0 Å². The van der Waals surface area contributed by atoms with Gasteiger partial charge in [0.05, 0.1) is 12.4 Å². The molecule has 3 rings (SSSR count). The minimum atomic E-state index is -3.59. The molecule has 2 aromatic heterocycles. The van der Waals surface area contributed by atoms with Crippen molar-refractivity contribution < 1.29 is 8.42 Å². The second-order valence-corrected chi connectivity index (χ2v) is 7.97. The number of hydrogen-bond donors (Lipinski definition) is 1. The van der Waals surface area contributed by atoms with Crippen LogP contribution in [0, 0.1) is 0 Å². The summed E-state index contributed by atoms with van der Waals surface area (Å²) in [5.74, 6) is 0.778. The van der Waals surface area contributed by atoms with Gasteiger partial charge in [-0.25, -0.2) is 18.4 Å². The Balaban J connectivity index is 1.85. The van der Waals surface area contributed by atoms with E-state index in [9.17, 15) is 8.42 Å². The van der Waals surface area contributed by atoms with Crippen molar-refractivity contribution in [2.45, 2.75) is 31.0 Å². The maximum atomic E-state index is 12.8. The molecule has 1 N–H and O–H groups in total. The van der Waals surface area contributed by atoms with Crippen LogP contribution in [0.1, 0.15) is 31.8 Å². The number of sulfonamides is 1. The van der Waals surface area contributed by atoms with Gasteiger partial charge in [-0.15, -0.1) is 0 Å². The quantitative estimate of drug-likeness (QED) is 0.893. The zero-order valence-corrected chi connectivity index (χ0v) is 14.4. The highest BCUT2D eigenvalue weighted by atomic mass is 32.2. The molecule has 23 heavy (non-hydrogen) atoms. The van der Waals surface area contributed by atoms with Gasteiger partial charge in [0.15, 0.2) is 5.03 Å². The number of imidazole rings is 2. The van der Waals surface area contributed by atoms with Gasteiger partial charge in [0.25, 0.3) is 10.0 Å². The lowest BCUT2D eigenvalue weighted by atomic mass is 10.2. The van der Waals surface area contributed by atoms with E-state index in [1.165, 1.54) is 4.31 Å². The fourth-order valence-electron chi connectivity index (χ4n) is 2.69. The number of aromatic amines is 1. The Morgan fingerprint density at radius 1 is 1.30 bits per heavy atom. The van der Waals surface area contributed by atoms with Gasteiger partial charge in [0, 0.05) is 44.3 Å². The van der Waals surface area contributed by atoms with Gasteiger partial charge in [-0.1, -0.05) is 0 Å². The largest absolute Gasteiger partial charge is 0.347 e. The predicted molar refractivity (Wildman–Crippen MR) is 85.3 cm³/mol. The van der Waals surface area contributed by atoms with Crippen molar-refractivity contribution in [3.63, 3.8) is 0 Å². The summed E-state index contributed by atoms with van der Waals surface area (Å²) in [4.78, 5) is 13.5. The number of aromatic nitrogens is 4. The first-order chi connectivity index (χ1) is 10.9. The molecule has 1 saturated heterocycles. The van der Waals surface area contributed by atoms with Gasteiger partial charge >= 0.3 is 0 Å². The van der Waals surface area contributed by atoms with Crippen LogP contribution < -0.4 is 0 Å². The second kappa shape index (κ2) is 6.06. The van der Waals surface area contributed by atoms with Crippen molar-refractivity contribution >= 4 is 10.0 Å². The first kappa shape index (κ1) is 16.2. The molecule has 3 heterocycles. The van der Waals surface area contributed by atoms with E-state index in [2.05, 4.69) is 19.9 Å². The molecular formula is C14H22N6O2S. The second-order valence-electron chi connectivity index (χ2n) is 6.09. The number of piperazine rings is 1. The minimum Gasteiger partial charge on any atom is -0.347 e. The monoisotopic (exact) mass is 338 g/mol. The maximum Gasteiger partial charge on any atom is 0.262 e. The molecule has 0 saturated carbocycles. The molecule has 0 amide bonds. The van der Waals surface area contributed by atoms with Crippen LogP contribution in [-0.2, 0) is 10.0 Å². The predicted octanol–water partition coefficient (Wildman–Crippen LogP) is 0.864. The van der Waals surface area contributed by atoms with E-state index in [1.54, 1.807) is 29.5 Å². The van der Waals surface area contributed by atoms with E-state index >= 15 is 0 Å². The van der Waals surface area contributed by atoms with E-state index in [0.717, 1.165) is 5.82 Å². The molecule has 0 radical (unpaired) electrons. The van der Waals surface area contributed by atoms with Crippen LogP contribution in [0.15, 0.2) is 29.9 Å². The SMILES string of the molecule is CC(C)n1cnc(S(=O)(=O)N2CCN(C)C(c3ncc[nH]3)C2)c1. The molecule has 1 atom stereocenters. The summed E-state index contributed by atoms with van der Waals surface area (Å²) in [6.45, 7) is 5.43. The topological polar surface area (TPSA) is 87.1 Å². The highest BCUT2D eigenvalue weighted by Gasteiger charge is 2.35. The third-order valence-corrected chi connectivity index (χ3v) is 5.97. The van der Waals surface area contributed by atoms with Crippen LogP contribution in [-0.4, -0.2) is 63.8 Å². The Labute approximate surface area is 136 Å². The molecule has 0 aliphatic carbocycles. The van der Waals surface area contributed by atoms with Crippen molar-refractivity contribution in [1.29, 1.82) is 0 Å². The molecule has 1 aliphatic rings. The number of likely N-dealkylation sites (N-methyl/N-ethyl adjacent to an activating group) is 1. The van der Waals surface area contributed by atoms with Crippen LogP contribution in [0.4, 0.5) is 0 Å². The molecule has 126 valence electrons. The average Bonchev–Trinajstić information content (AvgIpc) is 3.19. The average molecular weight is 338 g/mol. The molecule has 1 unspecified atom stereocenters. The summed E-state index contributed by atoms with van der Waals surface area (Å²) in [7, 11) is -1.61. The standard InChI is InChI=1S/C14H22N6O2S/c1-11(2)19-9-13(17-10-19)23(21,22)20-7-6-18(3)12(8-20)14-15-4-5-16-14/h4-5,9-12H,6-8H2,1-3H3,(H,15,16). The smallest absolute Gasteiger partial charge is 0.262 e. The van der Waals surface area contributed by atoms with E-state index in [4.69, 9.17) is 0 Å². The molecule has 8 nitrogen and oxygen atoms in total. The summed E-state index contributed by atoms with van der Waals surface area (Å²) < 4.78 is 29.0. The third-order valence-electron chi connectivity index (χ3n) is 4.22. The van der Waals surface area contributed by atoms with Crippen molar-refractivity contribution in [2.24, 2.45) is 0 Å². The molecule has 1 fully saturated rings. The summed E-state index contributed by atoms with van der Waals surface area (Å²) in [6.07, 6.45) is 6.60. The molecular weight excluding hydrogens is 316 g/mol. The van der Waals surface area contributed by atoms with Crippen LogP contribution >= 0.6 is 0 Å². The zero-order chi connectivity index (χ0) is 16.6. The zero-order valence-electron chi connectivity index (χ0n) is 13.5. The third kappa shape index (κ3) is 3.04. The van der Waals surface area contributed by atoms with E-state index in [-0.39, 0.29) is 17.1 Å². The molecule has 0 bridgehead atoms. The van der Waals surface area contributed by atoms with Gasteiger partial charge in [-0.3, -0.25) is 4.90 Å². The number of nitrogens with one attached hydrogen (secondary N) is 1. The molecule has 1 aliphatic heterocycles. The van der Waals surface area contributed by atoms with Crippen molar-refractivity contribution in [1.82, 2.24) is 28.7 Å². The fourth-order valence-corrected chi connectivity index (χ4v) is 4.05. The molecule has 2 aromatic rings. The van der Waals surface area contributed by atoms with E-state index in [1.807, 2.05) is 20.9 Å². The first-order valence-electron chi connectivity index (χ1n) is 7.62. The Morgan fingerprint density at radius 3 is 2.70 bits per heavy atom. The summed E-state index contributed by atoms with van der Waals surface area (Å²) in [5, 5.41) is 0.106. The van der Waals surface area contributed by atoms with Crippen LogP contribution in [0.2, 0.25) is 0 Å². The van der Waals surface area contributed by atoms with E-state index in [0.29, 0.717) is 19.6 Å². The number of rotatable bonds is 4. The first-order valence-corrected chi connectivity index (χ1v) is 9.06. The van der Waals surface area contributed by atoms with Gasteiger partial charge in [0.2, 0.25) is 0 Å². The van der Waals surface area contributed by atoms with Gasteiger partial charge < -0.3 is 9.55 Å². The van der Waals surface area contributed by atoms with Gasteiger partial charge in [-0.2, -0.15) is 4.31 Å². The fraction of sp³-hybridized carbons (Fsp3) is 0.571. The number of nitrogens with zero attached hydrogens (tertiary/aromatic N) is 5. The Morgan fingerprint density at radius 2 is 2.09 bits per heavy atom. The summed E-state index contributed by atoms with van der Waals surface area (Å²) in [5.41, 5.74) is 0. The number of hydrogen-bond acceptors (Lipinski definition) is 5. The lowest BCUT2D eigenvalue weighted by Crippen LogP contribution is -2.49. The lowest BCUT2D eigenvalue weighted by molar-refractivity contribution is 0.142. The van der Waals surface area contributed by atoms with Crippen molar-refractivity contribution in [3.8, 4) is 0 Å². The Kier molecular flexibility index (Phi) is 4.26. The van der Waals surface area contributed by atoms with Crippen molar-refractivity contribution in [2.75, 3.05) is 26.7 Å². The lowest BCUT2D eigenvalue weighted by Gasteiger charge is -2.37. The van der Waals surface area contributed by atoms with Crippen LogP contribution in [0.5, 0.6) is 0 Å². The van der Waals surface area contributed by atoms with Crippen molar-refractivity contribution in [3.05, 3.63) is 30.7 Å². The maximum absolute atomic E-state index is 12.8. The summed E-state index contributed by atoms with van der Waals surface area (Å²) in [6, 6.07) is 0.0931. The summed E-state index contributed by atoms with van der Waals surface area (Å²) >= 11 is 0. The number of H-pyrrole nitrogens is 1. The van der Waals surface area contributed by atoms with Crippen LogP contribution in [0.3, 0.4) is 0 Å². The molecule has 0 spiro atoms. The van der Waals surface area contributed by atoms with Crippen LogP contribution in [0.25, 0.3) is 0 Å². The highest BCUT2D eigenvalue weighted by molar-refractivity contribution is 7.89. The van der Waals surface area contributed by atoms with Gasteiger partial charge in [0.1, 0.15) is 5.82 Å².